The zero-order chi connectivity index (χ0) is 18.9. The molecule has 1 N–H and O–H groups in total. The molecule has 0 unspecified atom stereocenters. The molecule has 7 heteroatoms. The van der Waals surface area contributed by atoms with Crippen LogP contribution in [0.5, 0.6) is 5.75 Å². The van der Waals surface area contributed by atoms with E-state index in [9.17, 15) is 0 Å². The molecule has 4 aromatic rings. The SMILES string of the molecule is COc1ccc(CNc2nnc(-c3nc(C4CC4)no3)c3ccccc23)cc1. The number of methoxy groups -OCH3 is 1. The lowest BCUT2D eigenvalue weighted by Crippen LogP contribution is -2.04. The first-order chi connectivity index (χ1) is 13.8. The molecular weight excluding hydrogens is 354 g/mol. The predicted octanol–water partition coefficient (Wildman–Crippen LogP) is 4.18. The normalized spacial score (nSPS) is 13.6. The Morgan fingerprint density at radius 3 is 2.57 bits per heavy atom. The fraction of sp³-hybridized carbons (Fsp3) is 0.238. The summed E-state index contributed by atoms with van der Waals surface area (Å²) in [5.74, 6) is 3.18. The van der Waals surface area contributed by atoms with Gasteiger partial charge in [-0.3, -0.25) is 0 Å². The Morgan fingerprint density at radius 2 is 1.82 bits per heavy atom. The van der Waals surface area contributed by atoms with Crippen molar-refractivity contribution in [1.82, 2.24) is 20.3 Å². The largest absolute Gasteiger partial charge is 0.497 e. The van der Waals surface area contributed by atoms with E-state index in [0.29, 0.717) is 24.0 Å². The van der Waals surface area contributed by atoms with Crippen molar-refractivity contribution < 1.29 is 9.26 Å². The molecule has 1 aliphatic carbocycles. The summed E-state index contributed by atoms with van der Waals surface area (Å²) in [5, 5.41) is 18.1. The highest BCUT2D eigenvalue weighted by atomic mass is 16.5. The Labute approximate surface area is 161 Å². The van der Waals surface area contributed by atoms with Crippen LogP contribution in [0, 0.1) is 0 Å². The summed E-state index contributed by atoms with van der Waals surface area (Å²) >= 11 is 0. The fourth-order valence-corrected chi connectivity index (χ4v) is 3.16. The highest BCUT2D eigenvalue weighted by Crippen LogP contribution is 2.39. The van der Waals surface area contributed by atoms with Gasteiger partial charge in [0.05, 0.1) is 7.11 Å². The summed E-state index contributed by atoms with van der Waals surface area (Å²) in [6, 6.07) is 15.9. The van der Waals surface area contributed by atoms with E-state index in [1.54, 1.807) is 7.11 Å². The van der Waals surface area contributed by atoms with Gasteiger partial charge in [-0.2, -0.15) is 4.98 Å². The number of aromatic nitrogens is 4. The topological polar surface area (TPSA) is 86.0 Å². The maximum Gasteiger partial charge on any atom is 0.279 e. The Balaban J connectivity index is 1.45. The lowest BCUT2D eigenvalue weighted by Gasteiger charge is -2.10. The van der Waals surface area contributed by atoms with Crippen molar-refractivity contribution in [3.8, 4) is 17.3 Å². The lowest BCUT2D eigenvalue weighted by atomic mass is 10.1. The minimum absolute atomic E-state index is 0.423. The first-order valence-electron chi connectivity index (χ1n) is 9.28. The van der Waals surface area contributed by atoms with Crippen LogP contribution < -0.4 is 10.1 Å². The molecule has 1 aliphatic rings. The third-order valence-electron chi connectivity index (χ3n) is 4.89. The monoisotopic (exact) mass is 373 g/mol. The fourth-order valence-electron chi connectivity index (χ4n) is 3.16. The first-order valence-corrected chi connectivity index (χ1v) is 9.28. The lowest BCUT2D eigenvalue weighted by molar-refractivity contribution is 0.414. The molecule has 0 radical (unpaired) electrons. The number of benzene rings is 2. The number of anilines is 1. The van der Waals surface area contributed by atoms with Gasteiger partial charge >= 0.3 is 0 Å². The highest BCUT2D eigenvalue weighted by molar-refractivity contribution is 5.98. The summed E-state index contributed by atoms with van der Waals surface area (Å²) in [5.41, 5.74) is 1.74. The number of nitrogens with zero attached hydrogens (tertiary/aromatic N) is 4. The summed E-state index contributed by atoms with van der Waals surface area (Å²) in [6.07, 6.45) is 2.25. The molecule has 0 atom stereocenters. The number of hydrogen-bond acceptors (Lipinski definition) is 7. The molecule has 0 spiro atoms. The van der Waals surface area contributed by atoms with Gasteiger partial charge in [0.1, 0.15) is 5.75 Å². The maximum atomic E-state index is 5.46. The zero-order valence-corrected chi connectivity index (χ0v) is 15.4. The second-order valence-corrected chi connectivity index (χ2v) is 6.88. The summed E-state index contributed by atoms with van der Waals surface area (Å²) in [6.45, 7) is 0.633. The molecule has 1 fully saturated rings. The Morgan fingerprint density at radius 1 is 1.04 bits per heavy atom. The molecule has 5 rings (SSSR count). The van der Waals surface area contributed by atoms with Crippen molar-refractivity contribution >= 4 is 16.6 Å². The van der Waals surface area contributed by atoms with Crippen molar-refractivity contribution in [3.05, 3.63) is 59.9 Å². The third-order valence-corrected chi connectivity index (χ3v) is 4.89. The van der Waals surface area contributed by atoms with Gasteiger partial charge in [-0.15, -0.1) is 10.2 Å². The number of hydrogen-bond donors (Lipinski definition) is 1. The van der Waals surface area contributed by atoms with E-state index >= 15 is 0 Å². The number of rotatable bonds is 6. The van der Waals surface area contributed by atoms with Crippen molar-refractivity contribution in [2.75, 3.05) is 12.4 Å². The maximum absolute atomic E-state index is 5.46. The Bertz CT molecular complexity index is 1120. The van der Waals surface area contributed by atoms with Crippen LogP contribution in [0.25, 0.3) is 22.4 Å². The van der Waals surface area contributed by atoms with Crippen LogP contribution in [-0.2, 0) is 6.54 Å². The molecular formula is C21H19N5O2. The average Bonchev–Trinajstić information content (AvgIpc) is 3.49. The van der Waals surface area contributed by atoms with Gasteiger partial charge in [-0.1, -0.05) is 41.6 Å². The van der Waals surface area contributed by atoms with E-state index < -0.39 is 0 Å². The van der Waals surface area contributed by atoms with Gasteiger partial charge < -0.3 is 14.6 Å². The second kappa shape index (κ2) is 6.92. The van der Waals surface area contributed by atoms with Crippen LogP contribution in [-0.4, -0.2) is 27.4 Å². The number of fused-ring (bicyclic) bond motifs is 1. The van der Waals surface area contributed by atoms with Gasteiger partial charge in [0, 0.05) is 23.2 Å². The van der Waals surface area contributed by atoms with Crippen molar-refractivity contribution in [3.63, 3.8) is 0 Å². The molecule has 28 heavy (non-hydrogen) atoms. The molecule has 0 bridgehead atoms. The van der Waals surface area contributed by atoms with E-state index in [-0.39, 0.29) is 0 Å². The number of nitrogens with one attached hydrogen (secondary N) is 1. The first kappa shape index (κ1) is 16.7. The molecule has 1 saturated carbocycles. The van der Waals surface area contributed by atoms with Crippen molar-refractivity contribution in [1.29, 1.82) is 0 Å². The average molecular weight is 373 g/mol. The molecule has 0 saturated heterocycles. The van der Waals surface area contributed by atoms with Crippen LogP contribution in [0.15, 0.2) is 53.1 Å². The molecule has 2 aromatic carbocycles. The smallest absolute Gasteiger partial charge is 0.279 e. The summed E-state index contributed by atoms with van der Waals surface area (Å²) in [7, 11) is 1.66. The summed E-state index contributed by atoms with van der Waals surface area (Å²) in [4.78, 5) is 4.52. The van der Waals surface area contributed by atoms with E-state index in [4.69, 9.17) is 9.26 Å². The quantitative estimate of drug-likeness (QED) is 0.542. The van der Waals surface area contributed by atoms with Crippen LogP contribution in [0.3, 0.4) is 0 Å². The Hall–Kier alpha value is -3.48. The van der Waals surface area contributed by atoms with Crippen LogP contribution >= 0.6 is 0 Å². The second-order valence-electron chi connectivity index (χ2n) is 6.88. The van der Waals surface area contributed by atoms with Crippen LogP contribution in [0.1, 0.15) is 30.1 Å². The van der Waals surface area contributed by atoms with Gasteiger partial charge in [0.2, 0.25) is 0 Å². The molecule has 7 nitrogen and oxygen atoms in total. The molecule has 2 heterocycles. The summed E-state index contributed by atoms with van der Waals surface area (Å²) < 4.78 is 10.7. The minimum atomic E-state index is 0.423. The standard InChI is InChI=1S/C21H19N5O2/c1-27-15-10-6-13(7-11-15)12-22-20-17-5-3-2-4-16(17)18(24-25-20)21-23-19(26-28-21)14-8-9-14/h2-7,10-11,14H,8-9,12H2,1H3,(H,22,25). The van der Waals surface area contributed by atoms with E-state index in [1.165, 1.54) is 0 Å². The van der Waals surface area contributed by atoms with Crippen molar-refractivity contribution in [2.24, 2.45) is 0 Å². The van der Waals surface area contributed by atoms with Crippen molar-refractivity contribution in [2.45, 2.75) is 25.3 Å². The van der Waals surface area contributed by atoms with E-state index in [2.05, 4.69) is 25.7 Å². The van der Waals surface area contributed by atoms with Crippen LogP contribution in [0.2, 0.25) is 0 Å². The molecule has 0 amide bonds. The zero-order valence-electron chi connectivity index (χ0n) is 15.4. The van der Waals surface area contributed by atoms with Gasteiger partial charge in [0.15, 0.2) is 17.3 Å². The van der Waals surface area contributed by atoms with Gasteiger partial charge in [-0.25, -0.2) is 0 Å². The predicted molar refractivity (Wildman–Crippen MR) is 105 cm³/mol. The van der Waals surface area contributed by atoms with E-state index in [0.717, 1.165) is 46.6 Å². The van der Waals surface area contributed by atoms with Gasteiger partial charge in [-0.05, 0) is 30.5 Å². The molecule has 140 valence electrons. The minimum Gasteiger partial charge on any atom is -0.497 e. The number of ether oxygens (including phenoxy) is 1. The molecule has 0 aliphatic heterocycles. The van der Waals surface area contributed by atoms with Crippen LogP contribution in [0.4, 0.5) is 5.82 Å². The molecule has 2 aromatic heterocycles. The third kappa shape index (κ3) is 3.15. The highest BCUT2D eigenvalue weighted by Gasteiger charge is 2.29. The van der Waals surface area contributed by atoms with E-state index in [1.807, 2.05) is 48.5 Å². The Kier molecular flexibility index (Phi) is 4.12. The van der Waals surface area contributed by atoms with Gasteiger partial charge in [0.25, 0.3) is 5.89 Å².